The van der Waals surface area contributed by atoms with Gasteiger partial charge in [0.1, 0.15) is 0 Å². The third-order valence-corrected chi connectivity index (χ3v) is 6.60. The van der Waals surface area contributed by atoms with E-state index in [4.69, 9.17) is 0 Å². The Morgan fingerprint density at radius 1 is 0.621 bits per heavy atom. The van der Waals surface area contributed by atoms with Gasteiger partial charge in [0.05, 0.1) is 0 Å². The van der Waals surface area contributed by atoms with E-state index in [0.29, 0.717) is 5.30 Å². The summed E-state index contributed by atoms with van der Waals surface area (Å²) in [6.07, 6.45) is 3.48. The van der Waals surface area contributed by atoms with E-state index in [2.05, 4.69) is 64.1 Å². The van der Waals surface area contributed by atoms with Gasteiger partial charge >= 0.3 is 8.03 Å². The van der Waals surface area contributed by atoms with Gasteiger partial charge in [-0.1, -0.05) is 74.7 Å². The topological polar surface area (TPSA) is 40.1 Å². The minimum absolute atomic E-state index is 0.453. The summed E-state index contributed by atoms with van der Waals surface area (Å²) in [5.41, 5.74) is 8.61. The zero-order valence-electron chi connectivity index (χ0n) is 17.8. The smallest absolute Gasteiger partial charge is 0.350 e. The number of benzene rings is 3. The van der Waals surface area contributed by atoms with Crippen molar-refractivity contribution in [3.8, 4) is 22.3 Å². The number of rotatable bonds is 7. The molecule has 0 aliphatic heterocycles. The molecule has 0 saturated carbocycles. The van der Waals surface area contributed by atoms with Gasteiger partial charge in [-0.05, 0) is 71.2 Å². The Kier molecular flexibility index (Phi) is 7.00. The normalized spacial score (nSPS) is 11.6. The lowest BCUT2D eigenvalue weighted by Crippen LogP contribution is -2.14. The first-order valence-corrected chi connectivity index (χ1v) is 11.7. The van der Waals surface area contributed by atoms with Crippen LogP contribution < -0.4 is 10.2 Å². The molecule has 0 aliphatic carbocycles. The lowest BCUT2D eigenvalue weighted by molar-refractivity contribution is -0.160. The fraction of sp³-hybridized carbons (Fsp3) is 0.308. The van der Waals surface area contributed by atoms with Crippen molar-refractivity contribution in [1.29, 1.82) is 0 Å². The summed E-state index contributed by atoms with van der Waals surface area (Å²) in [6.45, 7) is 8.50. The maximum Gasteiger partial charge on any atom is 0.350 e. The molecule has 0 N–H and O–H groups in total. The Labute approximate surface area is 175 Å². The lowest BCUT2D eigenvalue weighted by atomic mass is 9.87. The zero-order chi connectivity index (χ0) is 21.0. The summed E-state index contributed by atoms with van der Waals surface area (Å²) in [5, 5.41) is 0.453. The van der Waals surface area contributed by atoms with E-state index in [9.17, 15) is 9.46 Å². The molecule has 0 aliphatic rings. The number of aryl methyl sites for hydroxylation is 4. The molecule has 1 atom stereocenters. The van der Waals surface area contributed by atoms with E-state index >= 15 is 0 Å². The predicted molar refractivity (Wildman–Crippen MR) is 122 cm³/mol. The molecule has 3 rings (SSSR count). The molecule has 0 heterocycles. The molecule has 0 spiro atoms. The van der Waals surface area contributed by atoms with Crippen LogP contribution in [-0.4, -0.2) is 0 Å². The minimum atomic E-state index is -2.75. The highest BCUT2D eigenvalue weighted by Crippen LogP contribution is 2.37. The molecule has 0 amide bonds. The van der Waals surface area contributed by atoms with E-state index in [0.717, 1.165) is 47.9 Å². The van der Waals surface area contributed by atoms with E-state index in [1.165, 1.54) is 22.3 Å². The number of hydrogen-bond donors (Lipinski definition) is 0. The molecule has 3 heteroatoms. The van der Waals surface area contributed by atoms with Crippen molar-refractivity contribution < 1.29 is 9.46 Å². The third-order valence-electron chi connectivity index (χ3n) is 5.75. The van der Waals surface area contributed by atoms with Crippen LogP contribution in [0.3, 0.4) is 0 Å². The molecule has 0 aromatic heterocycles. The molecule has 2 nitrogen and oxygen atoms in total. The van der Waals surface area contributed by atoms with Gasteiger partial charge in [-0.25, -0.2) is 0 Å². The first-order chi connectivity index (χ1) is 14.1. The second-order valence-electron chi connectivity index (χ2n) is 7.28. The van der Waals surface area contributed by atoms with Gasteiger partial charge in [0.2, 0.25) is 5.30 Å². The Balaban J connectivity index is 2.42. The van der Waals surface area contributed by atoms with E-state index in [1.54, 1.807) is 0 Å². The fourth-order valence-electron chi connectivity index (χ4n) is 4.32. The first kappa shape index (κ1) is 21.4. The van der Waals surface area contributed by atoms with Gasteiger partial charge in [-0.2, -0.15) is 0 Å². The standard InChI is InChI=1S/C26H29O2P/c1-5-18-12-9-13-19(6-2)24(18)22-16-11-17-23(26(22)29(27)28)25-20(7-3)14-10-15-21(25)8-4/h9-17H,5-8H2,1-4H3. The van der Waals surface area contributed by atoms with Crippen molar-refractivity contribution in [2.24, 2.45) is 0 Å². The van der Waals surface area contributed by atoms with Crippen LogP contribution in [0.5, 0.6) is 0 Å². The van der Waals surface area contributed by atoms with Crippen LogP contribution in [0.4, 0.5) is 0 Å². The van der Waals surface area contributed by atoms with Crippen molar-refractivity contribution in [3.63, 3.8) is 0 Å². The van der Waals surface area contributed by atoms with Gasteiger partial charge in [-0.15, -0.1) is 0 Å². The van der Waals surface area contributed by atoms with Crippen molar-refractivity contribution in [2.75, 3.05) is 0 Å². The van der Waals surface area contributed by atoms with Gasteiger partial charge in [0, 0.05) is 11.1 Å². The Bertz CT molecular complexity index is 919. The van der Waals surface area contributed by atoms with Crippen LogP contribution in [0, 0.1) is 0 Å². The second-order valence-corrected chi connectivity index (χ2v) is 8.24. The first-order valence-electron chi connectivity index (χ1n) is 10.6. The quantitative estimate of drug-likeness (QED) is 0.453. The molecular formula is C26H29O2P. The van der Waals surface area contributed by atoms with E-state index in [1.807, 2.05) is 18.2 Å². The minimum Gasteiger partial charge on any atom is -0.591 e. The molecular weight excluding hydrogens is 375 g/mol. The fourth-order valence-corrected chi connectivity index (χ4v) is 5.09. The highest BCUT2D eigenvalue weighted by atomic mass is 31.1. The van der Waals surface area contributed by atoms with Gasteiger partial charge in [-0.3, -0.25) is 0 Å². The Morgan fingerprint density at radius 3 is 1.21 bits per heavy atom. The molecule has 0 bridgehead atoms. The van der Waals surface area contributed by atoms with Crippen LogP contribution in [0.1, 0.15) is 49.9 Å². The summed E-state index contributed by atoms with van der Waals surface area (Å²) in [4.78, 5) is 12.6. The van der Waals surface area contributed by atoms with E-state index < -0.39 is 8.03 Å². The maximum atomic E-state index is 12.6. The van der Waals surface area contributed by atoms with Crippen molar-refractivity contribution in [3.05, 3.63) is 76.9 Å². The van der Waals surface area contributed by atoms with Gasteiger partial charge in [0.15, 0.2) is 0 Å². The van der Waals surface area contributed by atoms with Crippen molar-refractivity contribution in [1.82, 2.24) is 0 Å². The highest BCUT2D eigenvalue weighted by Gasteiger charge is 2.26. The number of hydrogen-bond acceptors (Lipinski definition) is 2. The maximum absolute atomic E-state index is 12.6. The SMILES string of the molecule is CCc1cccc(CC)c1-c1cccc(-c2c(CC)cccc2CC)c1[P+](=O)[O-]. The van der Waals surface area contributed by atoms with Gasteiger partial charge in [0.25, 0.3) is 0 Å². The molecule has 1 unspecified atom stereocenters. The van der Waals surface area contributed by atoms with Crippen LogP contribution in [0.2, 0.25) is 0 Å². The van der Waals surface area contributed by atoms with Crippen molar-refractivity contribution in [2.45, 2.75) is 53.4 Å². The van der Waals surface area contributed by atoms with Crippen LogP contribution in [0.15, 0.2) is 54.6 Å². The zero-order valence-corrected chi connectivity index (χ0v) is 18.7. The third kappa shape index (κ3) is 4.06. The second kappa shape index (κ2) is 9.48. The Hall–Kier alpha value is -2.28. The summed E-state index contributed by atoms with van der Waals surface area (Å²) < 4.78 is 12.6. The lowest BCUT2D eigenvalue weighted by Gasteiger charge is -2.18. The summed E-state index contributed by atoms with van der Waals surface area (Å²) in [7, 11) is -2.75. The van der Waals surface area contributed by atoms with Crippen LogP contribution in [0.25, 0.3) is 22.3 Å². The van der Waals surface area contributed by atoms with Crippen LogP contribution >= 0.6 is 8.03 Å². The van der Waals surface area contributed by atoms with Gasteiger partial charge < -0.3 is 4.89 Å². The molecule has 150 valence electrons. The molecule has 0 fully saturated rings. The Morgan fingerprint density at radius 2 is 0.931 bits per heavy atom. The molecule has 0 saturated heterocycles. The molecule has 0 radical (unpaired) electrons. The average Bonchev–Trinajstić information content (AvgIpc) is 2.76. The summed E-state index contributed by atoms with van der Waals surface area (Å²) in [6, 6.07) is 18.5. The van der Waals surface area contributed by atoms with Crippen molar-refractivity contribution >= 4 is 13.3 Å². The van der Waals surface area contributed by atoms with Crippen LogP contribution in [-0.2, 0) is 30.2 Å². The predicted octanol–water partition coefficient (Wildman–Crippen LogP) is 6.00. The molecule has 3 aromatic rings. The molecule has 29 heavy (non-hydrogen) atoms. The largest absolute Gasteiger partial charge is 0.591 e. The van der Waals surface area contributed by atoms with E-state index in [-0.39, 0.29) is 0 Å². The summed E-state index contributed by atoms with van der Waals surface area (Å²) in [5.74, 6) is 0. The summed E-state index contributed by atoms with van der Waals surface area (Å²) >= 11 is 0. The average molecular weight is 404 g/mol. The highest BCUT2D eigenvalue weighted by molar-refractivity contribution is 7.46. The molecule has 3 aromatic carbocycles. The monoisotopic (exact) mass is 404 g/mol.